The molecule has 1 heterocycles. The van der Waals surface area contributed by atoms with Crippen LogP contribution in [0.5, 0.6) is 0 Å². The van der Waals surface area contributed by atoms with E-state index >= 15 is 0 Å². The number of thiazole rings is 1. The van der Waals surface area contributed by atoms with Crippen LogP contribution in [0.15, 0.2) is 28.6 Å². The Hall–Kier alpha value is -2.46. The number of thioether (sulfide) groups is 1. The van der Waals surface area contributed by atoms with E-state index in [1.54, 1.807) is 0 Å². The highest BCUT2D eigenvalue weighted by Gasteiger charge is 2.21. The van der Waals surface area contributed by atoms with Crippen LogP contribution in [-0.4, -0.2) is 34.0 Å². The molecule has 0 unspecified atom stereocenters. The lowest BCUT2D eigenvalue weighted by molar-refractivity contribution is -0.384. The molecular formula is C15H16N4O4S2. The van der Waals surface area contributed by atoms with Crippen molar-refractivity contribution in [1.29, 1.82) is 0 Å². The molecule has 25 heavy (non-hydrogen) atoms. The summed E-state index contributed by atoms with van der Waals surface area (Å²) in [6.07, 6.45) is 1.82. The van der Waals surface area contributed by atoms with Crippen LogP contribution in [0.2, 0.25) is 0 Å². The van der Waals surface area contributed by atoms with Crippen LogP contribution in [-0.2, 0) is 0 Å². The third-order valence-electron chi connectivity index (χ3n) is 2.98. The van der Waals surface area contributed by atoms with Gasteiger partial charge in [0.1, 0.15) is 4.88 Å². The fourth-order valence-electron chi connectivity index (χ4n) is 1.87. The van der Waals surface area contributed by atoms with Gasteiger partial charge >= 0.3 is 0 Å². The Balaban J connectivity index is 2.23. The van der Waals surface area contributed by atoms with Gasteiger partial charge in [-0.3, -0.25) is 19.7 Å². The van der Waals surface area contributed by atoms with Gasteiger partial charge in [-0.15, -0.1) is 11.3 Å². The molecule has 0 saturated carbocycles. The average Bonchev–Trinajstić information content (AvgIpc) is 2.97. The summed E-state index contributed by atoms with van der Waals surface area (Å²) in [5.74, 6) is -0.630. The van der Waals surface area contributed by atoms with Gasteiger partial charge in [0.05, 0.1) is 4.92 Å². The summed E-state index contributed by atoms with van der Waals surface area (Å²) in [7, 11) is 0. The molecule has 2 rings (SSSR count). The molecular weight excluding hydrogens is 364 g/mol. The SMILES string of the molecule is CSc1nc(NC(=O)c2ccc([N+](=O)[O-])cc2)c(C(=O)NC(C)C)s1. The van der Waals surface area contributed by atoms with E-state index in [0.717, 1.165) is 0 Å². The molecule has 0 saturated heterocycles. The Morgan fingerprint density at radius 2 is 1.88 bits per heavy atom. The second kappa shape index (κ2) is 8.08. The van der Waals surface area contributed by atoms with Gasteiger partial charge in [-0.05, 0) is 32.2 Å². The third-order valence-corrected chi connectivity index (χ3v) is 5.02. The molecule has 1 aromatic carbocycles. The molecule has 2 aromatic rings. The van der Waals surface area contributed by atoms with E-state index in [4.69, 9.17) is 0 Å². The number of hydrogen-bond donors (Lipinski definition) is 2. The minimum absolute atomic E-state index is 0.0504. The van der Waals surface area contributed by atoms with Gasteiger partial charge < -0.3 is 10.6 Å². The van der Waals surface area contributed by atoms with E-state index in [1.165, 1.54) is 47.4 Å². The largest absolute Gasteiger partial charge is 0.349 e. The fourth-order valence-corrected chi connectivity index (χ4v) is 3.29. The summed E-state index contributed by atoms with van der Waals surface area (Å²) >= 11 is 2.56. The topological polar surface area (TPSA) is 114 Å². The fraction of sp³-hybridized carbons (Fsp3) is 0.267. The van der Waals surface area contributed by atoms with Gasteiger partial charge in [-0.1, -0.05) is 11.8 Å². The summed E-state index contributed by atoms with van der Waals surface area (Å²) in [6.45, 7) is 3.67. The lowest BCUT2D eigenvalue weighted by atomic mass is 10.2. The molecule has 0 atom stereocenters. The van der Waals surface area contributed by atoms with E-state index in [9.17, 15) is 19.7 Å². The minimum Gasteiger partial charge on any atom is -0.349 e. The van der Waals surface area contributed by atoms with Crippen molar-refractivity contribution in [3.05, 3.63) is 44.8 Å². The van der Waals surface area contributed by atoms with E-state index in [2.05, 4.69) is 15.6 Å². The Morgan fingerprint density at radius 3 is 2.40 bits per heavy atom. The molecule has 8 nitrogen and oxygen atoms in total. The summed E-state index contributed by atoms with van der Waals surface area (Å²) in [5.41, 5.74) is 0.131. The third kappa shape index (κ3) is 4.77. The molecule has 0 spiro atoms. The predicted octanol–water partition coefficient (Wildman–Crippen LogP) is 3.16. The number of hydrogen-bond acceptors (Lipinski definition) is 7. The van der Waals surface area contributed by atoms with Crippen LogP contribution in [0.3, 0.4) is 0 Å². The number of nitro benzene ring substituents is 1. The maximum absolute atomic E-state index is 12.3. The van der Waals surface area contributed by atoms with E-state index < -0.39 is 10.8 Å². The first-order valence-corrected chi connectivity index (χ1v) is 9.27. The first-order valence-electron chi connectivity index (χ1n) is 7.23. The number of anilines is 1. The lowest BCUT2D eigenvalue weighted by Crippen LogP contribution is -2.30. The Kier molecular flexibility index (Phi) is 6.10. The number of carbonyl (C=O) groups excluding carboxylic acids is 2. The van der Waals surface area contributed by atoms with Crippen molar-refractivity contribution in [2.24, 2.45) is 0 Å². The normalized spacial score (nSPS) is 10.6. The first kappa shape index (κ1) is 18.9. The van der Waals surface area contributed by atoms with Gasteiger partial charge in [-0.2, -0.15) is 0 Å². The van der Waals surface area contributed by atoms with Crippen molar-refractivity contribution < 1.29 is 14.5 Å². The highest BCUT2D eigenvalue weighted by atomic mass is 32.2. The van der Waals surface area contributed by atoms with Crippen molar-refractivity contribution in [2.45, 2.75) is 24.2 Å². The number of aromatic nitrogens is 1. The van der Waals surface area contributed by atoms with E-state index in [0.29, 0.717) is 9.22 Å². The molecule has 0 radical (unpaired) electrons. The monoisotopic (exact) mass is 380 g/mol. The van der Waals surface area contributed by atoms with Gasteiger partial charge in [0.2, 0.25) is 0 Å². The van der Waals surface area contributed by atoms with Crippen molar-refractivity contribution in [1.82, 2.24) is 10.3 Å². The second-order valence-corrected chi connectivity index (χ2v) is 7.30. The van der Waals surface area contributed by atoms with Crippen LogP contribution < -0.4 is 10.6 Å². The molecule has 0 aliphatic carbocycles. The minimum atomic E-state index is -0.540. The van der Waals surface area contributed by atoms with Crippen LogP contribution in [0, 0.1) is 10.1 Å². The molecule has 1 aromatic heterocycles. The summed E-state index contributed by atoms with van der Waals surface area (Å²) in [5, 5.41) is 16.0. The molecule has 0 fully saturated rings. The number of nitrogens with one attached hydrogen (secondary N) is 2. The van der Waals surface area contributed by atoms with Crippen LogP contribution in [0.1, 0.15) is 33.9 Å². The summed E-state index contributed by atoms with van der Waals surface area (Å²) < 4.78 is 0.646. The second-order valence-electron chi connectivity index (χ2n) is 5.25. The molecule has 2 N–H and O–H groups in total. The number of benzene rings is 1. The first-order chi connectivity index (χ1) is 11.8. The van der Waals surface area contributed by atoms with Gasteiger partial charge in [-0.25, -0.2) is 4.98 Å². The van der Waals surface area contributed by atoms with Crippen LogP contribution in [0.4, 0.5) is 11.5 Å². The number of rotatable bonds is 6. The molecule has 0 bridgehead atoms. The summed E-state index contributed by atoms with van der Waals surface area (Å²) in [6, 6.07) is 5.14. The Labute approximate surface area is 152 Å². The van der Waals surface area contributed by atoms with Crippen LogP contribution >= 0.6 is 23.1 Å². The number of carbonyl (C=O) groups is 2. The maximum atomic E-state index is 12.3. The number of amides is 2. The quantitative estimate of drug-likeness (QED) is 0.452. The lowest BCUT2D eigenvalue weighted by Gasteiger charge is -2.08. The van der Waals surface area contributed by atoms with Crippen molar-refractivity contribution in [3.63, 3.8) is 0 Å². The molecule has 132 valence electrons. The molecule has 10 heteroatoms. The Bertz CT molecular complexity index is 802. The highest BCUT2D eigenvalue weighted by Crippen LogP contribution is 2.29. The van der Waals surface area contributed by atoms with Crippen molar-refractivity contribution >= 4 is 46.4 Å². The number of nitro groups is 1. The van der Waals surface area contributed by atoms with Gasteiger partial charge in [0.25, 0.3) is 17.5 Å². The number of nitrogens with zero attached hydrogens (tertiary/aromatic N) is 2. The smallest absolute Gasteiger partial charge is 0.269 e. The van der Waals surface area contributed by atoms with Gasteiger partial charge in [0.15, 0.2) is 10.2 Å². The molecule has 0 aliphatic rings. The van der Waals surface area contributed by atoms with Gasteiger partial charge in [0, 0.05) is 23.7 Å². The van der Waals surface area contributed by atoms with Crippen LogP contribution in [0.25, 0.3) is 0 Å². The average molecular weight is 380 g/mol. The van der Waals surface area contributed by atoms with E-state index in [1.807, 2.05) is 20.1 Å². The molecule has 2 amide bonds. The number of non-ortho nitro benzene ring substituents is 1. The molecule has 0 aliphatic heterocycles. The maximum Gasteiger partial charge on any atom is 0.269 e. The van der Waals surface area contributed by atoms with E-state index in [-0.39, 0.29) is 29.0 Å². The standard InChI is InChI=1S/C15H16N4O4S2/c1-8(2)16-14(21)11-12(18-15(24-3)25-11)17-13(20)9-4-6-10(7-5-9)19(22)23/h4-8H,1-3H3,(H,16,21)(H,17,20). The zero-order chi connectivity index (χ0) is 18.6. The Morgan fingerprint density at radius 1 is 1.24 bits per heavy atom. The van der Waals surface area contributed by atoms with Crippen molar-refractivity contribution in [2.75, 3.05) is 11.6 Å². The summed E-state index contributed by atoms with van der Waals surface area (Å²) in [4.78, 5) is 39.3. The van der Waals surface area contributed by atoms with Crippen molar-refractivity contribution in [3.8, 4) is 0 Å². The predicted molar refractivity (Wildman–Crippen MR) is 97.5 cm³/mol. The highest BCUT2D eigenvalue weighted by molar-refractivity contribution is 8.00. The zero-order valence-corrected chi connectivity index (χ0v) is 15.4. The zero-order valence-electron chi connectivity index (χ0n) is 13.7.